The Balaban J connectivity index is 1.19. The molecule has 0 spiro atoms. The Morgan fingerprint density at radius 1 is 0.917 bits per heavy atom. The SMILES string of the molecule is O=C(NC1CC(Cl)C=CC1C1=CC2=CCC(C3C=c4ccccc4=CC3)N=C2CC1)c1ccccc1. The quantitative estimate of drug-likeness (QED) is 0.465. The first-order chi connectivity index (χ1) is 17.6. The van der Waals surface area contributed by atoms with E-state index in [0.29, 0.717) is 17.5 Å². The van der Waals surface area contributed by atoms with E-state index in [0.717, 1.165) is 32.1 Å². The Labute approximate surface area is 217 Å². The molecule has 1 aliphatic heterocycles. The second kappa shape index (κ2) is 10.1. The van der Waals surface area contributed by atoms with E-state index in [-0.39, 0.29) is 23.2 Å². The van der Waals surface area contributed by atoms with E-state index in [4.69, 9.17) is 16.6 Å². The minimum absolute atomic E-state index is 0.0145. The number of dihydropyridines is 1. The van der Waals surface area contributed by atoms with E-state index in [2.05, 4.69) is 66.0 Å². The van der Waals surface area contributed by atoms with Crippen molar-refractivity contribution in [1.82, 2.24) is 5.32 Å². The highest BCUT2D eigenvalue weighted by molar-refractivity contribution is 6.21. The predicted octanol–water partition coefficient (Wildman–Crippen LogP) is 5.11. The molecule has 0 bridgehead atoms. The monoisotopic (exact) mass is 494 g/mol. The molecule has 4 aliphatic rings. The lowest BCUT2D eigenvalue weighted by Gasteiger charge is -2.35. The molecule has 1 amide bonds. The first-order valence-electron chi connectivity index (χ1n) is 13.1. The molecule has 0 saturated carbocycles. The number of hydrogen-bond donors (Lipinski definition) is 1. The average molecular weight is 495 g/mol. The van der Waals surface area contributed by atoms with Gasteiger partial charge in [0.05, 0.1) is 11.4 Å². The summed E-state index contributed by atoms with van der Waals surface area (Å²) >= 11 is 6.48. The summed E-state index contributed by atoms with van der Waals surface area (Å²) in [6, 6.07) is 18.4. The van der Waals surface area contributed by atoms with Crippen LogP contribution in [0.25, 0.3) is 12.2 Å². The molecule has 0 saturated heterocycles. The van der Waals surface area contributed by atoms with Crippen LogP contribution < -0.4 is 15.8 Å². The number of nitrogens with one attached hydrogen (secondary N) is 1. The third-order valence-electron chi connectivity index (χ3n) is 7.94. The van der Waals surface area contributed by atoms with Crippen molar-refractivity contribution in [3.05, 3.63) is 106 Å². The van der Waals surface area contributed by atoms with Gasteiger partial charge < -0.3 is 5.32 Å². The molecular weight excluding hydrogens is 464 g/mol. The number of rotatable bonds is 4. The summed E-state index contributed by atoms with van der Waals surface area (Å²) in [7, 11) is 0. The zero-order chi connectivity index (χ0) is 24.5. The second-order valence-corrected chi connectivity index (χ2v) is 10.8. The number of aliphatic imine (C=N–C) groups is 1. The van der Waals surface area contributed by atoms with E-state index in [1.54, 1.807) is 0 Å². The summed E-state index contributed by atoms with van der Waals surface area (Å²) in [5, 5.41) is 5.88. The maximum absolute atomic E-state index is 12.9. The van der Waals surface area contributed by atoms with Crippen molar-refractivity contribution in [2.75, 3.05) is 0 Å². The van der Waals surface area contributed by atoms with Crippen LogP contribution in [0.5, 0.6) is 0 Å². The number of halogens is 1. The number of alkyl halides is 1. The highest BCUT2D eigenvalue weighted by Crippen LogP contribution is 2.36. The molecule has 4 heteroatoms. The van der Waals surface area contributed by atoms with Gasteiger partial charge in [-0.3, -0.25) is 9.79 Å². The molecule has 182 valence electrons. The smallest absolute Gasteiger partial charge is 0.251 e. The summed E-state index contributed by atoms with van der Waals surface area (Å²) in [6.07, 6.45) is 18.4. The molecular formula is C32H31ClN2O. The van der Waals surface area contributed by atoms with Crippen LogP contribution in [0.4, 0.5) is 0 Å². The number of hydrogen-bond acceptors (Lipinski definition) is 2. The van der Waals surface area contributed by atoms with Crippen molar-refractivity contribution in [2.45, 2.75) is 49.6 Å². The third kappa shape index (κ3) is 4.77. The maximum atomic E-state index is 12.9. The van der Waals surface area contributed by atoms with Crippen molar-refractivity contribution in [1.29, 1.82) is 0 Å². The standard InChI is InChI=1S/C32H31ClN2O/c33-27-14-15-28(31(20-27)35-32(36)22-7-2-1-3-8-22)24-12-16-29-26(19-24)13-17-30(34-29)25-11-10-21-6-4-5-9-23(21)18-25/h1-10,13-15,18-19,25,27-28,30-31H,11-12,16-17,20H2,(H,35,36). The molecule has 2 aromatic carbocycles. The molecule has 6 rings (SSSR count). The van der Waals surface area contributed by atoms with Gasteiger partial charge in [0.1, 0.15) is 0 Å². The lowest BCUT2D eigenvalue weighted by Crippen LogP contribution is -2.44. The van der Waals surface area contributed by atoms with Gasteiger partial charge >= 0.3 is 0 Å². The van der Waals surface area contributed by atoms with Gasteiger partial charge in [-0.05, 0) is 60.2 Å². The van der Waals surface area contributed by atoms with Crippen molar-refractivity contribution in [3.8, 4) is 0 Å². The van der Waals surface area contributed by atoms with Gasteiger partial charge in [-0.1, -0.05) is 84.5 Å². The van der Waals surface area contributed by atoms with Crippen LogP contribution in [0.15, 0.2) is 95.0 Å². The van der Waals surface area contributed by atoms with Crippen LogP contribution in [0, 0.1) is 11.8 Å². The van der Waals surface area contributed by atoms with Gasteiger partial charge in [0, 0.05) is 29.2 Å². The van der Waals surface area contributed by atoms with Crippen LogP contribution >= 0.6 is 11.6 Å². The Morgan fingerprint density at radius 3 is 2.58 bits per heavy atom. The van der Waals surface area contributed by atoms with Gasteiger partial charge in [0.15, 0.2) is 0 Å². The summed E-state index contributed by atoms with van der Waals surface area (Å²) in [5.41, 5.74) is 4.55. The summed E-state index contributed by atoms with van der Waals surface area (Å²) in [6.45, 7) is 0. The molecule has 5 unspecified atom stereocenters. The average Bonchev–Trinajstić information content (AvgIpc) is 2.93. The molecule has 5 atom stereocenters. The van der Waals surface area contributed by atoms with Crippen LogP contribution in [0.3, 0.4) is 0 Å². The summed E-state index contributed by atoms with van der Waals surface area (Å²) in [4.78, 5) is 18.1. The first-order valence-corrected chi connectivity index (χ1v) is 13.5. The minimum atomic E-state index is -0.0630. The van der Waals surface area contributed by atoms with Gasteiger partial charge in [0.25, 0.3) is 5.91 Å². The second-order valence-electron chi connectivity index (χ2n) is 10.3. The van der Waals surface area contributed by atoms with Gasteiger partial charge in [-0.2, -0.15) is 0 Å². The Kier molecular flexibility index (Phi) is 6.50. The first kappa shape index (κ1) is 23.2. The van der Waals surface area contributed by atoms with Crippen LogP contribution in [-0.2, 0) is 0 Å². The Bertz CT molecular complexity index is 1400. The van der Waals surface area contributed by atoms with Crippen molar-refractivity contribution in [3.63, 3.8) is 0 Å². The van der Waals surface area contributed by atoms with Crippen molar-refractivity contribution >= 4 is 35.4 Å². The highest BCUT2D eigenvalue weighted by Gasteiger charge is 2.32. The number of nitrogens with zero attached hydrogens (tertiary/aromatic N) is 1. The minimum Gasteiger partial charge on any atom is -0.348 e. The molecule has 3 aliphatic carbocycles. The zero-order valence-corrected chi connectivity index (χ0v) is 21.1. The number of fused-ring (bicyclic) bond motifs is 2. The third-order valence-corrected chi connectivity index (χ3v) is 8.26. The molecule has 0 radical (unpaired) electrons. The lowest BCUT2D eigenvalue weighted by molar-refractivity contribution is 0.0927. The summed E-state index contributed by atoms with van der Waals surface area (Å²) in [5.74, 6) is 0.575. The normalized spacial score (nSPS) is 28.8. The lowest BCUT2D eigenvalue weighted by atomic mass is 9.77. The topological polar surface area (TPSA) is 41.5 Å². The van der Waals surface area contributed by atoms with Crippen LogP contribution in [0.2, 0.25) is 0 Å². The fraction of sp³-hybridized carbons (Fsp3) is 0.312. The van der Waals surface area contributed by atoms with Gasteiger partial charge in [-0.15, -0.1) is 11.6 Å². The maximum Gasteiger partial charge on any atom is 0.251 e. The van der Waals surface area contributed by atoms with Gasteiger partial charge in [0.2, 0.25) is 0 Å². The molecule has 0 aromatic heterocycles. The van der Waals surface area contributed by atoms with Gasteiger partial charge in [-0.25, -0.2) is 0 Å². The van der Waals surface area contributed by atoms with Crippen LogP contribution in [0.1, 0.15) is 42.5 Å². The van der Waals surface area contributed by atoms with E-state index in [1.807, 2.05) is 30.3 Å². The fourth-order valence-electron chi connectivity index (χ4n) is 6.00. The Hall–Kier alpha value is -3.17. The number of carbonyl (C=O) groups excluding carboxylic acids is 1. The predicted molar refractivity (Wildman–Crippen MR) is 149 cm³/mol. The van der Waals surface area contributed by atoms with Crippen molar-refractivity contribution in [2.24, 2.45) is 16.8 Å². The number of benzene rings is 2. The Morgan fingerprint density at radius 2 is 1.72 bits per heavy atom. The number of allylic oxidation sites excluding steroid dienone is 3. The van der Waals surface area contributed by atoms with E-state index in [9.17, 15) is 4.79 Å². The van der Waals surface area contributed by atoms with E-state index < -0.39 is 0 Å². The van der Waals surface area contributed by atoms with Crippen LogP contribution in [-0.4, -0.2) is 29.1 Å². The molecule has 36 heavy (non-hydrogen) atoms. The van der Waals surface area contributed by atoms with E-state index in [1.165, 1.54) is 27.3 Å². The highest BCUT2D eigenvalue weighted by atomic mass is 35.5. The molecule has 1 heterocycles. The molecule has 0 fully saturated rings. The fourth-order valence-corrected chi connectivity index (χ4v) is 6.28. The van der Waals surface area contributed by atoms with E-state index >= 15 is 0 Å². The molecule has 2 aromatic rings. The van der Waals surface area contributed by atoms with Crippen molar-refractivity contribution < 1.29 is 4.79 Å². The molecule has 3 nitrogen and oxygen atoms in total. The number of carbonyl (C=O) groups is 1. The zero-order valence-electron chi connectivity index (χ0n) is 20.3. The summed E-state index contributed by atoms with van der Waals surface area (Å²) < 4.78 is 0. The molecule has 1 N–H and O–H groups in total. The largest absolute Gasteiger partial charge is 0.348 e. The number of amides is 1.